The van der Waals surface area contributed by atoms with Crippen LogP contribution in [-0.2, 0) is 28.0 Å². The molecule has 0 aromatic heterocycles. The quantitative estimate of drug-likeness (QED) is 0.315. The SMILES string of the molecule is CC[C@H](C)NC(=O)[C@@H](Cc1ccccc1)N(Cc1cccc(OC)c1)C(=O)COc1ccccc1C(C)(C)C. The van der Waals surface area contributed by atoms with E-state index in [4.69, 9.17) is 9.47 Å². The van der Waals surface area contributed by atoms with Gasteiger partial charge in [-0.3, -0.25) is 9.59 Å². The number of methoxy groups -OCH3 is 1. The molecule has 0 saturated carbocycles. The normalized spacial score (nSPS) is 12.8. The van der Waals surface area contributed by atoms with E-state index in [1.165, 1.54) is 0 Å². The largest absolute Gasteiger partial charge is 0.497 e. The number of amides is 2. The molecule has 0 saturated heterocycles. The van der Waals surface area contributed by atoms with Gasteiger partial charge in [-0.1, -0.05) is 88.4 Å². The van der Waals surface area contributed by atoms with Crippen LogP contribution in [0.4, 0.5) is 0 Å². The van der Waals surface area contributed by atoms with Crippen LogP contribution in [-0.4, -0.2) is 42.5 Å². The Hall–Kier alpha value is -3.80. The molecular weight excluding hydrogens is 488 g/mol. The van der Waals surface area contributed by atoms with Crippen LogP contribution in [0, 0.1) is 0 Å². The van der Waals surface area contributed by atoms with Gasteiger partial charge in [0.25, 0.3) is 5.91 Å². The predicted molar refractivity (Wildman–Crippen MR) is 156 cm³/mol. The van der Waals surface area contributed by atoms with Crippen LogP contribution in [0.2, 0.25) is 0 Å². The molecule has 1 N–H and O–H groups in total. The van der Waals surface area contributed by atoms with Gasteiger partial charge in [0.2, 0.25) is 5.91 Å². The van der Waals surface area contributed by atoms with Crippen molar-refractivity contribution in [1.29, 1.82) is 0 Å². The molecule has 0 unspecified atom stereocenters. The maximum atomic E-state index is 13.9. The Bertz CT molecular complexity index is 1220. The highest BCUT2D eigenvalue weighted by molar-refractivity contribution is 5.88. The van der Waals surface area contributed by atoms with Gasteiger partial charge in [-0.2, -0.15) is 0 Å². The lowest BCUT2D eigenvalue weighted by Crippen LogP contribution is -2.53. The fourth-order valence-corrected chi connectivity index (χ4v) is 4.40. The number of nitrogens with one attached hydrogen (secondary N) is 1. The van der Waals surface area contributed by atoms with E-state index in [9.17, 15) is 9.59 Å². The lowest BCUT2D eigenvalue weighted by atomic mass is 9.86. The molecule has 208 valence electrons. The van der Waals surface area contributed by atoms with Gasteiger partial charge in [0.05, 0.1) is 7.11 Å². The van der Waals surface area contributed by atoms with E-state index in [2.05, 4.69) is 26.1 Å². The number of hydrogen-bond acceptors (Lipinski definition) is 4. The number of nitrogens with zero attached hydrogens (tertiary/aromatic N) is 1. The van der Waals surface area contributed by atoms with Crippen molar-refractivity contribution in [2.45, 2.75) is 71.5 Å². The summed E-state index contributed by atoms with van der Waals surface area (Å²) in [6, 6.07) is 24.4. The number of ether oxygens (including phenoxy) is 2. The number of hydrogen-bond donors (Lipinski definition) is 1. The molecule has 2 amide bonds. The summed E-state index contributed by atoms with van der Waals surface area (Å²) in [7, 11) is 1.61. The average Bonchev–Trinajstić information content (AvgIpc) is 2.93. The van der Waals surface area contributed by atoms with Crippen LogP contribution in [0.5, 0.6) is 11.5 Å². The minimum Gasteiger partial charge on any atom is -0.497 e. The molecule has 2 atom stereocenters. The molecule has 0 radical (unpaired) electrons. The van der Waals surface area contributed by atoms with E-state index < -0.39 is 6.04 Å². The standard InChI is InChI=1S/C33H42N2O4/c1-7-24(2)34-32(37)29(21-25-14-9-8-10-15-25)35(22-26-16-13-17-27(20-26)38-6)31(36)23-39-30-19-12-11-18-28(30)33(3,4)5/h8-20,24,29H,7,21-23H2,1-6H3,(H,34,37)/t24-,29+/m0/s1. The zero-order chi connectivity index (χ0) is 28.4. The summed E-state index contributed by atoms with van der Waals surface area (Å²) in [4.78, 5) is 29.2. The van der Waals surface area contributed by atoms with Crippen LogP contribution < -0.4 is 14.8 Å². The molecule has 0 heterocycles. The van der Waals surface area contributed by atoms with Crippen molar-refractivity contribution < 1.29 is 19.1 Å². The second-order valence-corrected chi connectivity index (χ2v) is 10.9. The predicted octanol–water partition coefficient (Wildman–Crippen LogP) is 5.93. The highest BCUT2D eigenvalue weighted by Gasteiger charge is 2.31. The van der Waals surface area contributed by atoms with Gasteiger partial charge in [0.1, 0.15) is 17.5 Å². The summed E-state index contributed by atoms with van der Waals surface area (Å²) in [6.07, 6.45) is 1.18. The zero-order valence-electron chi connectivity index (χ0n) is 24.1. The Morgan fingerprint density at radius 3 is 2.26 bits per heavy atom. The van der Waals surface area contributed by atoms with E-state index in [0.717, 1.165) is 23.1 Å². The third kappa shape index (κ3) is 8.60. The molecule has 0 bridgehead atoms. The number of rotatable bonds is 12. The second-order valence-electron chi connectivity index (χ2n) is 10.9. The minimum absolute atomic E-state index is 0.0144. The second kappa shape index (κ2) is 13.8. The lowest BCUT2D eigenvalue weighted by Gasteiger charge is -2.32. The fraction of sp³-hybridized carbons (Fsp3) is 0.394. The van der Waals surface area contributed by atoms with E-state index in [1.807, 2.05) is 92.7 Å². The topological polar surface area (TPSA) is 67.9 Å². The molecule has 6 heteroatoms. The Labute approximate surface area is 233 Å². The third-order valence-electron chi connectivity index (χ3n) is 6.81. The molecule has 39 heavy (non-hydrogen) atoms. The molecule has 3 aromatic carbocycles. The molecule has 0 aliphatic rings. The van der Waals surface area contributed by atoms with Crippen molar-refractivity contribution in [2.24, 2.45) is 0 Å². The highest BCUT2D eigenvalue weighted by Crippen LogP contribution is 2.31. The highest BCUT2D eigenvalue weighted by atomic mass is 16.5. The summed E-state index contributed by atoms with van der Waals surface area (Å²) in [5.41, 5.74) is 2.72. The minimum atomic E-state index is -0.721. The summed E-state index contributed by atoms with van der Waals surface area (Å²) in [6.45, 7) is 10.4. The monoisotopic (exact) mass is 530 g/mol. The molecule has 6 nitrogen and oxygen atoms in total. The molecule has 3 aromatic rings. The molecule has 0 spiro atoms. The zero-order valence-corrected chi connectivity index (χ0v) is 24.1. The van der Waals surface area contributed by atoms with Crippen LogP contribution in [0.1, 0.15) is 57.7 Å². The van der Waals surface area contributed by atoms with Gasteiger partial charge < -0.3 is 19.7 Å². The smallest absolute Gasteiger partial charge is 0.261 e. The first-order chi connectivity index (χ1) is 18.6. The first-order valence-electron chi connectivity index (χ1n) is 13.6. The van der Waals surface area contributed by atoms with Gasteiger partial charge in [-0.15, -0.1) is 0 Å². The van der Waals surface area contributed by atoms with Crippen LogP contribution in [0.25, 0.3) is 0 Å². The average molecular weight is 531 g/mol. The van der Waals surface area contributed by atoms with E-state index in [1.54, 1.807) is 12.0 Å². The van der Waals surface area contributed by atoms with Crippen molar-refractivity contribution in [3.63, 3.8) is 0 Å². The number of benzene rings is 3. The Morgan fingerprint density at radius 1 is 0.923 bits per heavy atom. The van der Waals surface area contributed by atoms with Crippen molar-refractivity contribution in [3.8, 4) is 11.5 Å². The fourth-order valence-electron chi connectivity index (χ4n) is 4.40. The molecule has 3 rings (SSSR count). The number of para-hydroxylation sites is 1. The van der Waals surface area contributed by atoms with Gasteiger partial charge in [-0.25, -0.2) is 0 Å². The summed E-state index contributed by atoms with van der Waals surface area (Å²) in [5.74, 6) is 0.920. The Balaban J connectivity index is 1.96. The van der Waals surface area contributed by atoms with E-state index >= 15 is 0 Å². The van der Waals surface area contributed by atoms with E-state index in [-0.39, 0.29) is 36.4 Å². The first kappa shape index (κ1) is 29.8. The van der Waals surface area contributed by atoms with Gasteiger partial charge in [0.15, 0.2) is 6.61 Å². The summed E-state index contributed by atoms with van der Waals surface area (Å²) < 4.78 is 11.5. The van der Waals surface area contributed by atoms with Crippen LogP contribution >= 0.6 is 0 Å². The van der Waals surface area contributed by atoms with Crippen molar-refractivity contribution in [1.82, 2.24) is 10.2 Å². The molecular formula is C33H42N2O4. The van der Waals surface area contributed by atoms with Crippen LogP contribution in [0.3, 0.4) is 0 Å². The maximum absolute atomic E-state index is 13.9. The van der Waals surface area contributed by atoms with Gasteiger partial charge in [-0.05, 0) is 53.6 Å². The molecule has 0 aliphatic heterocycles. The molecule has 0 fully saturated rings. The number of carbonyl (C=O) groups excluding carboxylic acids is 2. The Kier molecular flexibility index (Phi) is 10.6. The lowest BCUT2D eigenvalue weighted by molar-refractivity contribution is -0.143. The first-order valence-corrected chi connectivity index (χ1v) is 13.6. The van der Waals surface area contributed by atoms with Gasteiger partial charge >= 0.3 is 0 Å². The summed E-state index contributed by atoms with van der Waals surface area (Å²) in [5, 5.41) is 3.10. The van der Waals surface area contributed by atoms with Gasteiger partial charge in [0, 0.05) is 19.0 Å². The maximum Gasteiger partial charge on any atom is 0.261 e. The molecule has 0 aliphatic carbocycles. The Morgan fingerprint density at radius 2 is 1.59 bits per heavy atom. The van der Waals surface area contributed by atoms with Crippen molar-refractivity contribution in [2.75, 3.05) is 13.7 Å². The van der Waals surface area contributed by atoms with Crippen molar-refractivity contribution in [3.05, 3.63) is 95.6 Å². The van der Waals surface area contributed by atoms with Crippen LogP contribution in [0.15, 0.2) is 78.9 Å². The summed E-state index contributed by atoms with van der Waals surface area (Å²) >= 11 is 0. The van der Waals surface area contributed by atoms with E-state index in [0.29, 0.717) is 17.9 Å². The van der Waals surface area contributed by atoms with Crippen molar-refractivity contribution >= 4 is 11.8 Å². The third-order valence-corrected chi connectivity index (χ3v) is 6.81. The number of carbonyl (C=O) groups is 2.